The molecule has 1 aromatic heterocycles. The van der Waals surface area contributed by atoms with E-state index in [0.717, 1.165) is 18.3 Å². The van der Waals surface area contributed by atoms with Crippen LogP contribution in [0.2, 0.25) is 0 Å². The molecule has 0 aliphatic carbocycles. The average Bonchev–Trinajstić information content (AvgIpc) is 2.21. The number of nitrogens with zero attached hydrogens (tertiary/aromatic N) is 3. The van der Waals surface area contributed by atoms with E-state index >= 15 is 0 Å². The molecule has 0 saturated heterocycles. The summed E-state index contributed by atoms with van der Waals surface area (Å²) in [4.78, 5) is 10.0. The fraction of sp³-hybridized carbons (Fsp3) is 0.600. The van der Waals surface area contributed by atoms with Gasteiger partial charge in [-0.1, -0.05) is 15.9 Å². The van der Waals surface area contributed by atoms with Gasteiger partial charge in [-0.15, -0.1) is 0 Å². The third-order valence-corrected chi connectivity index (χ3v) is 2.58. The summed E-state index contributed by atoms with van der Waals surface area (Å²) in [7, 11) is 0. The van der Waals surface area contributed by atoms with Crippen molar-refractivity contribution in [3.63, 3.8) is 0 Å². The first kappa shape index (κ1) is 12.4. The summed E-state index contributed by atoms with van der Waals surface area (Å²) in [5, 5.41) is 0.942. The number of hydrogen-bond donors (Lipinski definition) is 0. The van der Waals surface area contributed by atoms with Crippen LogP contribution in [0.3, 0.4) is 0 Å². The molecule has 0 atom stereocenters. The van der Waals surface area contributed by atoms with Crippen molar-refractivity contribution in [3.05, 3.63) is 18.2 Å². The van der Waals surface area contributed by atoms with E-state index in [1.807, 2.05) is 0 Å². The average molecular weight is 276 g/mol. The van der Waals surface area contributed by atoms with E-state index < -0.39 is 5.82 Å². The van der Waals surface area contributed by atoms with Gasteiger partial charge in [0.15, 0.2) is 5.82 Å². The van der Waals surface area contributed by atoms with Crippen LogP contribution in [0.4, 0.5) is 10.3 Å². The Bertz CT molecular complexity index is 289. The number of rotatable bonds is 5. The van der Waals surface area contributed by atoms with Gasteiger partial charge in [0.25, 0.3) is 0 Å². The van der Waals surface area contributed by atoms with E-state index in [4.69, 9.17) is 0 Å². The number of anilines is 1. The second kappa shape index (κ2) is 6.00. The zero-order valence-corrected chi connectivity index (χ0v) is 10.5. The van der Waals surface area contributed by atoms with Crippen molar-refractivity contribution in [2.45, 2.75) is 26.3 Å². The van der Waals surface area contributed by atoms with Crippen LogP contribution >= 0.6 is 15.9 Å². The highest BCUT2D eigenvalue weighted by Crippen LogP contribution is 2.11. The number of halogens is 2. The lowest BCUT2D eigenvalue weighted by Crippen LogP contribution is -2.33. The maximum absolute atomic E-state index is 12.7. The van der Waals surface area contributed by atoms with Crippen LogP contribution in [0, 0.1) is 5.82 Å². The maximum atomic E-state index is 12.7. The molecule has 0 saturated carbocycles. The first-order valence-corrected chi connectivity index (χ1v) is 6.07. The van der Waals surface area contributed by atoms with E-state index in [1.165, 1.54) is 12.4 Å². The molecule has 0 fully saturated rings. The molecule has 1 aromatic rings. The molecule has 1 heterocycles. The predicted molar refractivity (Wildman–Crippen MR) is 62.9 cm³/mol. The van der Waals surface area contributed by atoms with Crippen LogP contribution in [-0.2, 0) is 0 Å². The van der Waals surface area contributed by atoms with Crippen molar-refractivity contribution in [1.29, 1.82) is 0 Å². The van der Waals surface area contributed by atoms with Crippen LogP contribution in [-0.4, -0.2) is 27.9 Å². The molecule has 0 aliphatic rings. The Balaban J connectivity index is 2.74. The van der Waals surface area contributed by atoms with Gasteiger partial charge in [-0.2, -0.15) is 0 Å². The van der Waals surface area contributed by atoms with Crippen molar-refractivity contribution in [1.82, 2.24) is 9.97 Å². The van der Waals surface area contributed by atoms with Crippen LogP contribution < -0.4 is 4.90 Å². The molecule has 0 amide bonds. The zero-order valence-electron chi connectivity index (χ0n) is 8.95. The Kier molecular flexibility index (Phi) is 4.94. The van der Waals surface area contributed by atoms with Gasteiger partial charge in [-0.3, -0.25) is 0 Å². The maximum Gasteiger partial charge on any atom is 0.225 e. The fourth-order valence-corrected chi connectivity index (χ4v) is 1.52. The Morgan fingerprint density at radius 1 is 1.40 bits per heavy atom. The van der Waals surface area contributed by atoms with Crippen LogP contribution in [0.15, 0.2) is 12.4 Å². The quantitative estimate of drug-likeness (QED) is 0.774. The second-order valence-electron chi connectivity index (χ2n) is 3.53. The fourth-order valence-electron chi connectivity index (χ4n) is 1.27. The number of alkyl halides is 1. The molecular weight excluding hydrogens is 261 g/mol. The molecular formula is C10H15BrFN3. The van der Waals surface area contributed by atoms with E-state index in [0.29, 0.717) is 12.0 Å². The van der Waals surface area contributed by atoms with Gasteiger partial charge in [-0.25, -0.2) is 14.4 Å². The van der Waals surface area contributed by atoms with E-state index in [1.54, 1.807) is 0 Å². The van der Waals surface area contributed by atoms with Gasteiger partial charge >= 0.3 is 0 Å². The van der Waals surface area contributed by atoms with Gasteiger partial charge in [0.2, 0.25) is 5.95 Å². The Labute approximate surface area is 97.9 Å². The molecule has 0 aromatic carbocycles. The van der Waals surface area contributed by atoms with Gasteiger partial charge in [0, 0.05) is 17.9 Å². The minimum Gasteiger partial charge on any atom is -0.338 e. The van der Waals surface area contributed by atoms with E-state index in [9.17, 15) is 4.39 Å². The SMILES string of the molecule is CC(C)N(CCCBr)c1ncc(F)cn1. The van der Waals surface area contributed by atoms with Crippen molar-refractivity contribution in [3.8, 4) is 0 Å². The molecule has 84 valence electrons. The summed E-state index contributed by atoms with van der Waals surface area (Å²) >= 11 is 3.38. The molecule has 15 heavy (non-hydrogen) atoms. The molecule has 0 bridgehead atoms. The van der Waals surface area contributed by atoms with E-state index in [2.05, 4.69) is 44.6 Å². The zero-order chi connectivity index (χ0) is 11.3. The van der Waals surface area contributed by atoms with Crippen molar-refractivity contribution >= 4 is 21.9 Å². The van der Waals surface area contributed by atoms with Gasteiger partial charge < -0.3 is 4.90 Å². The highest BCUT2D eigenvalue weighted by molar-refractivity contribution is 9.09. The monoisotopic (exact) mass is 275 g/mol. The van der Waals surface area contributed by atoms with Gasteiger partial charge in [-0.05, 0) is 20.3 Å². The van der Waals surface area contributed by atoms with Crippen LogP contribution in [0.1, 0.15) is 20.3 Å². The highest BCUT2D eigenvalue weighted by atomic mass is 79.9. The lowest BCUT2D eigenvalue weighted by atomic mass is 10.3. The molecule has 0 spiro atoms. The molecule has 3 nitrogen and oxygen atoms in total. The summed E-state index contributed by atoms with van der Waals surface area (Å²) in [6, 6.07) is 0.314. The minimum atomic E-state index is -0.400. The lowest BCUT2D eigenvalue weighted by molar-refractivity contribution is 0.603. The van der Waals surface area contributed by atoms with Crippen molar-refractivity contribution in [2.75, 3.05) is 16.8 Å². The van der Waals surface area contributed by atoms with Crippen molar-refractivity contribution in [2.24, 2.45) is 0 Å². The number of aromatic nitrogens is 2. The summed E-state index contributed by atoms with van der Waals surface area (Å²) in [5.41, 5.74) is 0. The van der Waals surface area contributed by atoms with Crippen LogP contribution in [0.5, 0.6) is 0 Å². The molecule has 0 aliphatic heterocycles. The third kappa shape index (κ3) is 3.74. The second-order valence-corrected chi connectivity index (χ2v) is 4.32. The van der Waals surface area contributed by atoms with Gasteiger partial charge in [0.05, 0.1) is 12.4 Å². The summed E-state index contributed by atoms with van der Waals surface area (Å²) in [6.07, 6.45) is 3.41. The smallest absolute Gasteiger partial charge is 0.225 e. The van der Waals surface area contributed by atoms with Crippen molar-refractivity contribution < 1.29 is 4.39 Å². The third-order valence-electron chi connectivity index (χ3n) is 2.02. The molecule has 5 heteroatoms. The lowest BCUT2D eigenvalue weighted by Gasteiger charge is -2.26. The minimum absolute atomic E-state index is 0.314. The first-order chi connectivity index (χ1) is 7.15. The van der Waals surface area contributed by atoms with Gasteiger partial charge in [0.1, 0.15) is 0 Å². The normalized spacial score (nSPS) is 10.7. The van der Waals surface area contributed by atoms with E-state index in [-0.39, 0.29) is 0 Å². The standard InChI is InChI=1S/C10H15BrFN3/c1-8(2)15(5-3-4-11)10-13-6-9(12)7-14-10/h6-8H,3-5H2,1-2H3. The first-order valence-electron chi connectivity index (χ1n) is 4.95. The molecule has 1 rings (SSSR count). The molecule has 0 N–H and O–H groups in total. The Hall–Kier alpha value is -0.710. The molecule has 0 unspecified atom stereocenters. The Morgan fingerprint density at radius 2 is 2.00 bits per heavy atom. The summed E-state index contributed by atoms with van der Waals surface area (Å²) in [5.74, 6) is 0.190. The summed E-state index contributed by atoms with van der Waals surface area (Å²) in [6.45, 7) is 5.01. The molecule has 0 radical (unpaired) electrons. The highest BCUT2D eigenvalue weighted by Gasteiger charge is 2.12. The summed E-state index contributed by atoms with van der Waals surface area (Å²) < 4.78 is 12.7. The number of hydrogen-bond acceptors (Lipinski definition) is 3. The largest absolute Gasteiger partial charge is 0.338 e. The van der Waals surface area contributed by atoms with Crippen LogP contribution in [0.25, 0.3) is 0 Å². The predicted octanol–water partition coefficient (Wildman–Crippen LogP) is 2.62. The Morgan fingerprint density at radius 3 is 2.47 bits per heavy atom. The topological polar surface area (TPSA) is 29.0 Å².